The Kier molecular flexibility index (Phi) is 6.50. The van der Waals surface area contributed by atoms with Crippen LogP contribution < -0.4 is 5.73 Å². The highest BCUT2D eigenvalue weighted by atomic mass is 15.1. The van der Waals surface area contributed by atoms with Gasteiger partial charge in [0, 0.05) is 6.54 Å². The highest BCUT2D eigenvalue weighted by molar-refractivity contribution is 4.84. The summed E-state index contributed by atoms with van der Waals surface area (Å²) in [5.74, 6) is 3.59. The van der Waals surface area contributed by atoms with Gasteiger partial charge in [0.2, 0.25) is 0 Å². The summed E-state index contributed by atoms with van der Waals surface area (Å²) in [5, 5.41) is 0. The van der Waals surface area contributed by atoms with E-state index in [1.807, 2.05) is 0 Å². The zero-order valence-electron chi connectivity index (χ0n) is 12.3. The molecule has 0 aromatic heterocycles. The van der Waals surface area contributed by atoms with Crippen LogP contribution in [0.4, 0.5) is 0 Å². The van der Waals surface area contributed by atoms with Gasteiger partial charge in [-0.15, -0.1) is 0 Å². The Bertz CT molecular complexity index is 203. The van der Waals surface area contributed by atoms with Crippen LogP contribution in [0.25, 0.3) is 0 Å². The summed E-state index contributed by atoms with van der Waals surface area (Å²) in [6.07, 6.45) is 5.33. The van der Waals surface area contributed by atoms with Crippen molar-refractivity contribution in [2.75, 3.05) is 26.7 Å². The molecule has 1 saturated carbocycles. The minimum absolute atomic E-state index is 0.785. The number of hydrogen-bond donors (Lipinski definition) is 1. The van der Waals surface area contributed by atoms with Crippen LogP contribution in [0.5, 0.6) is 0 Å². The van der Waals surface area contributed by atoms with Crippen molar-refractivity contribution < 1.29 is 0 Å². The number of rotatable bonds is 9. The predicted molar refractivity (Wildman–Crippen MR) is 76.0 cm³/mol. The molecule has 2 heteroatoms. The summed E-state index contributed by atoms with van der Waals surface area (Å²) in [4.78, 5) is 2.52. The largest absolute Gasteiger partial charge is 0.330 e. The Labute approximate surface area is 108 Å². The van der Waals surface area contributed by atoms with Crippen LogP contribution in [0, 0.1) is 23.7 Å². The fraction of sp³-hybridized carbons (Fsp3) is 1.00. The fourth-order valence-electron chi connectivity index (χ4n) is 2.79. The first-order chi connectivity index (χ1) is 8.04. The highest BCUT2D eigenvalue weighted by Gasteiger charge is 2.32. The van der Waals surface area contributed by atoms with Crippen molar-refractivity contribution in [1.82, 2.24) is 4.90 Å². The van der Waals surface area contributed by atoms with E-state index in [1.54, 1.807) is 0 Å². The number of nitrogens with two attached hydrogens (primary N) is 1. The van der Waals surface area contributed by atoms with Gasteiger partial charge in [0.15, 0.2) is 0 Å². The molecule has 1 aliphatic rings. The molecule has 3 unspecified atom stereocenters. The molecule has 1 aliphatic carbocycles. The first-order valence-corrected chi connectivity index (χ1v) is 7.43. The maximum atomic E-state index is 5.68. The molecule has 102 valence electrons. The highest BCUT2D eigenvalue weighted by Crippen LogP contribution is 2.37. The maximum absolute atomic E-state index is 5.68. The first-order valence-electron chi connectivity index (χ1n) is 7.43. The molecule has 0 spiro atoms. The molecule has 1 fully saturated rings. The third-order valence-electron chi connectivity index (χ3n) is 4.42. The summed E-state index contributed by atoms with van der Waals surface area (Å²) in [6.45, 7) is 10.4. The Hall–Kier alpha value is -0.0800. The summed E-state index contributed by atoms with van der Waals surface area (Å²) >= 11 is 0. The van der Waals surface area contributed by atoms with Gasteiger partial charge < -0.3 is 10.6 Å². The molecule has 1 rings (SSSR count). The molecule has 0 heterocycles. The Morgan fingerprint density at radius 2 is 1.94 bits per heavy atom. The molecule has 0 amide bonds. The van der Waals surface area contributed by atoms with E-state index in [-0.39, 0.29) is 0 Å². The summed E-state index contributed by atoms with van der Waals surface area (Å²) in [6, 6.07) is 0. The average Bonchev–Trinajstić information content (AvgIpc) is 2.92. The minimum atomic E-state index is 0.785. The molecule has 17 heavy (non-hydrogen) atoms. The van der Waals surface area contributed by atoms with E-state index in [2.05, 4.69) is 32.7 Å². The summed E-state index contributed by atoms with van der Waals surface area (Å²) in [5.41, 5.74) is 5.68. The predicted octanol–water partition coefficient (Wildman–Crippen LogP) is 2.98. The van der Waals surface area contributed by atoms with Crippen molar-refractivity contribution in [2.24, 2.45) is 29.4 Å². The van der Waals surface area contributed by atoms with Crippen LogP contribution >= 0.6 is 0 Å². The lowest BCUT2D eigenvalue weighted by Crippen LogP contribution is -2.24. The monoisotopic (exact) mass is 240 g/mol. The summed E-state index contributed by atoms with van der Waals surface area (Å²) < 4.78 is 0. The Balaban J connectivity index is 2.08. The van der Waals surface area contributed by atoms with Gasteiger partial charge in [0.1, 0.15) is 0 Å². The topological polar surface area (TPSA) is 29.3 Å². The third-order valence-corrected chi connectivity index (χ3v) is 4.42. The average molecular weight is 240 g/mol. The van der Waals surface area contributed by atoms with Crippen molar-refractivity contribution in [3.63, 3.8) is 0 Å². The smallest absolute Gasteiger partial charge is 0.000926 e. The maximum Gasteiger partial charge on any atom is 0.000926 e. The van der Waals surface area contributed by atoms with E-state index >= 15 is 0 Å². The van der Waals surface area contributed by atoms with Gasteiger partial charge in [0.25, 0.3) is 0 Å². The van der Waals surface area contributed by atoms with Gasteiger partial charge in [-0.05, 0) is 69.5 Å². The molecule has 0 aromatic rings. The summed E-state index contributed by atoms with van der Waals surface area (Å²) in [7, 11) is 2.28. The van der Waals surface area contributed by atoms with Crippen LogP contribution in [0.1, 0.15) is 46.5 Å². The molecule has 0 saturated heterocycles. The number of hydrogen-bond acceptors (Lipinski definition) is 2. The molecule has 3 atom stereocenters. The molecule has 2 N–H and O–H groups in total. The van der Waals surface area contributed by atoms with E-state index in [0.29, 0.717) is 0 Å². The second kappa shape index (κ2) is 7.38. The molecular weight excluding hydrogens is 208 g/mol. The van der Waals surface area contributed by atoms with Gasteiger partial charge in [-0.1, -0.05) is 20.8 Å². The SMILES string of the molecule is CC(C)C(CCN)CCCN(C)CC1CC1C. The van der Waals surface area contributed by atoms with Crippen molar-refractivity contribution >= 4 is 0 Å². The first kappa shape index (κ1) is 15.0. The van der Waals surface area contributed by atoms with Crippen molar-refractivity contribution in [2.45, 2.75) is 46.5 Å². The van der Waals surface area contributed by atoms with Crippen LogP contribution in [0.2, 0.25) is 0 Å². The van der Waals surface area contributed by atoms with Gasteiger partial charge in [-0.2, -0.15) is 0 Å². The zero-order valence-corrected chi connectivity index (χ0v) is 12.3. The lowest BCUT2D eigenvalue weighted by atomic mass is 9.88. The van der Waals surface area contributed by atoms with Crippen LogP contribution in [-0.2, 0) is 0 Å². The lowest BCUT2D eigenvalue weighted by Gasteiger charge is -2.22. The van der Waals surface area contributed by atoms with Crippen LogP contribution in [0.3, 0.4) is 0 Å². The van der Waals surface area contributed by atoms with Crippen LogP contribution in [-0.4, -0.2) is 31.6 Å². The van der Waals surface area contributed by atoms with E-state index < -0.39 is 0 Å². The third kappa shape index (κ3) is 5.87. The van der Waals surface area contributed by atoms with Crippen LogP contribution in [0.15, 0.2) is 0 Å². The normalized spacial score (nSPS) is 25.6. The molecule has 0 aliphatic heterocycles. The molecule has 0 radical (unpaired) electrons. The van der Waals surface area contributed by atoms with Crippen molar-refractivity contribution in [1.29, 1.82) is 0 Å². The molecular formula is C15H32N2. The number of nitrogens with zero attached hydrogens (tertiary/aromatic N) is 1. The minimum Gasteiger partial charge on any atom is -0.330 e. The zero-order chi connectivity index (χ0) is 12.8. The van der Waals surface area contributed by atoms with Gasteiger partial charge in [-0.3, -0.25) is 0 Å². The van der Waals surface area contributed by atoms with E-state index in [9.17, 15) is 0 Å². The van der Waals surface area contributed by atoms with E-state index in [4.69, 9.17) is 5.73 Å². The molecule has 0 aromatic carbocycles. The second-order valence-electron chi connectivity index (χ2n) is 6.46. The standard InChI is InChI=1S/C15H32N2/c1-12(2)14(7-8-16)6-5-9-17(4)11-15-10-13(15)3/h12-15H,5-11,16H2,1-4H3. The Morgan fingerprint density at radius 3 is 2.41 bits per heavy atom. The van der Waals surface area contributed by atoms with Crippen molar-refractivity contribution in [3.8, 4) is 0 Å². The van der Waals surface area contributed by atoms with E-state index in [1.165, 1.54) is 38.8 Å². The quantitative estimate of drug-likeness (QED) is 0.671. The lowest BCUT2D eigenvalue weighted by molar-refractivity contribution is 0.273. The molecule has 0 bridgehead atoms. The van der Waals surface area contributed by atoms with Gasteiger partial charge in [-0.25, -0.2) is 0 Å². The van der Waals surface area contributed by atoms with Gasteiger partial charge >= 0.3 is 0 Å². The molecule has 2 nitrogen and oxygen atoms in total. The van der Waals surface area contributed by atoms with E-state index in [0.717, 1.165) is 30.2 Å². The fourth-order valence-corrected chi connectivity index (χ4v) is 2.79. The van der Waals surface area contributed by atoms with Gasteiger partial charge in [0.05, 0.1) is 0 Å². The van der Waals surface area contributed by atoms with Crippen molar-refractivity contribution in [3.05, 3.63) is 0 Å². The second-order valence-corrected chi connectivity index (χ2v) is 6.46. The Morgan fingerprint density at radius 1 is 1.29 bits per heavy atom.